The van der Waals surface area contributed by atoms with Crippen molar-refractivity contribution in [1.29, 1.82) is 0 Å². The Morgan fingerprint density at radius 1 is 1.14 bits per heavy atom. The number of aromatic nitrogens is 1. The molecule has 0 saturated heterocycles. The lowest BCUT2D eigenvalue weighted by molar-refractivity contribution is -0.385. The molecule has 1 heterocycles. The SMILES string of the molecule is CC.CC.Cc1ccc(Nc2c(CO)cnc3ccc(Cl)cc23)cc1[N+](=O)[O-]. The summed E-state index contributed by atoms with van der Waals surface area (Å²) >= 11 is 6.07. The van der Waals surface area contributed by atoms with E-state index in [4.69, 9.17) is 11.6 Å². The van der Waals surface area contributed by atoms with E-state index in [1.165, 1.54) is 6.07 Å². The van der Waals surface area contributed by atoms with Crippen LogP contribution in [0, 0.1) is 17.0 Å². The number of anilines is 2. The van der Waals surface area contributed by atoms with Crippen LogP contribution in [0.4, 0.5) is 17.1 Å². The highest BCUT2D eigenvalue weighted by Gasteiger charge is 2.14. The van der Waals surface area contributed by atoms with E-state index in [2.05, 4.69) is 10.3 Å². The van der Waals surface area contributed by atoms with Crippen LogP contribution >= 0.6 is 11.6 Å². The Kier molecular flexibility index (Phi) is 9.35. The first-order chi connectivity index (χ1) is 13.5. The van der Waals surface area contributed by atoms with E-state index in [9.17, 15) is 15.2 Å². The van der Waals surface area contributed by atoms with E-state index < -0.39 is 4.92 Å². The lowest BCUT2D eigenvalue weighted by Gasteiger charge is -2.14. The molecule has 1 aromatic heterocycles. The van der Waals surface area contributed by atoms with Crippen LogP contribution in [0.2, 0.25) is 5.02 Å². The standard InChI is InChI=1S/C17H14ClN3O3.2C2H6/c1-10-2-4-13(7-16(10)21(23)24)20-17-11(9-22)8-19-15-5-3-12(18)6-14(15)17;2*1-2/h2-8,22H,9H2,1H3,(H,19,20);2*1-2H3. The van der Waals surface area contributed by atoms with Crippen LogP contribution < -0.4 is 5.32 Å². The highest BCUT2D eigenvalue weighted by molar-refractivity contribution is 6.31. The molecule has 2 aromatic carbocycles. The van der Waals surface area contributed by atoms with Gasteiger partial charge >= 0.3 is 0 Å². The quantitative estimate of drug-likeness (QED) is 0.389. The second kappa shape index (κ2) is 11.2. The number of benzene rings is 2. The van der Waals surface area contributed by atoms with Gasteiger partial charge in [-0.2, -0.15) is 0 Å². The van der Waals surface area contributed by atoms with Gasteiger partial charge in [0.2, 0.25) is 0 Å². The average Bonchev–Trinajstić information content (AvgIpc) is 2.72. The Balaban J connectivity index is 0.000000921. The third-order valence-electron chi connectivity index (χ3n) is 3.75. The van der Waals surface area contributed by atoms with Crippen molar-refractivity contribution in [1.82, 2.24) is 4.98 Å². The Labute approximate surface area is 170 Å². The number of aliphatic hydroxyl groups excluding tert-OH is 1. The number of nitro benzene ring substituents is 1. The summed E-state index contributed by atoms with van der Waals surface area (Å²) in [5, 5.41) is 25.1. The molecule has 0 aliphatic heterocycles. The van der Waals surface area contributed by atoms with Crippen LogP contribution in [0.15, 0.2) is 42.6 Å². The van der Waals surface area contributed by atoms with Gasteiger partial charge in [-0.1, -0.05) is 45.4 Å². The maximum atomic E-state index is 11.1. The summed E-state index contributed by atoms with van der Waals surface area (Å²) in [6.07, 6.45) is 1.57. The van der Waals surface area contributed by atoms with Gasteiger partial charge in [0.1, 0.15) is 0 Å². The van der Waals surface area contributed by atoms with Gasteiger partial charge in [0, 0.05) is 39.5 Å². The Hall–Kier alpha value is -2.70. The minimum atomic E-state index is -0.422. The van der Waals surface area contributed by atoms with Crippen molar-refractivity contribution in [2.75, 3.05) is 5.32 Å². The normalized spacial score (nSPS) is 9.68. The topological polar surface area (TPSA) is 88.3 Å². The van der Waals surface area contributed by atoms with Crippen LogP contribution in [0.25, 0.3) is 10.9 Å². The lowest BCUT2D eigenvalue weighted by atomic mass is 10.1. The van der Waals surface area contributed by atoms with Gasteiger partial charge < -0.3 is 10.4 Å². The molecule has 0 unspecified atom stereocenters. The van der Waals surface area contributed by atoms with Crippen molar-refractivity contribution in [2.45, 2.75) is 41.2 Å². The van der Waals surface area contributed by atoms with Gasteiger partial charge in [-0.05, 0) is 31.2 Å². The van der Waals surface area contributed by atoms with Crippen LogP contribution in [-0.4, -0.2) is 15.0 Å². The lowest BCUT2D eigenvalue weighted by Crippen LogP contribution is -2.00. The summed E-state index contributed by atoms with van der Waals surface area (Å²) in [6, 6.07) is 10.1. The number of halogens is 1. The third-order valence-corrected chi connectivity index (χ3v) is 3.99. The highest BCUT2D eigenvalue weighted by atomic mass is 35.5. The van der Waals surface area contributed by atoms with Gasteiger partial charge in [0.05, 0.1) is 22.7 Å². The average molecular weight is 404 g/mol. The second-order valence-corrected chi connectivity index (χ2v) is 5.80. The minimum Gasteiger partial charge on any atom is -0.392 e. The molecule has 0 radical (unpaired) electrons. The Morgan fingerprint density at radius 2 is 1.82 bits per heavy atom. The fraction of sp³-hybridized carbons (Fsp3) is 0.286. The first kappa shape index (κ1) is 23.3. The molecule has 28 heavy (non-hydrogen) atoms. The predicted molar refractivity (Wildman–Crippen MR) is 116 cm³/mol. The molecule has 0 amide bonds. The number of nitrogens with zero attached hydrogens (tertiary/aromatic N) is 2. The van der Waals surface area contributed by atoms with Crippen molar-refractivity contribution in [3.63, 3.8) is 0 Å². The molecule has 6 nitrogen and oxygen atoms in total. The number of fused-ring (bicyclic) bond motifs is 1. The van der Waals surface area contributed by atoms with Crippen molar-refractivity contribution in [3.05, 3.63) is 68.9 Å². The van der Waals surface area contributed by atoms with E-state index in [0.29, 0.717) is 33.0 Å². The molecule has 0 aliphatic rings. The van der Waals surface area contributed by atoms with Crippen molar-refractivity contribution >= 4 is 39.6 Å². The second-order valence-electron chi connectivity index (χ2n) is 5.36. The molecule has 0 bridgehead atoms. The summed E-state index contributed by atoms with van der Waals surface area (Å²) in [7, 11) is 0. The molecule has 0 fully saturated rings. The fourth-order valence-electron chi connectivity index (χ4n) is 2.50. The van der Waals surface area contributed by atoms with E-state index in [1.807, 2.05) is 27.7 Å². The molecule has 0 saturated carbocycles. The molecular weight excluding hydrogens is 378 g/mol. The maximum Gasteiger partial charge on any atom is 0.274 e. The maximum absolute atomic E-state index is 11.1. The zero-order chi connectivity index (χ0) is 21.3. The van der Waals surface area contributed by atoms with Gasteiger partial charge in [0.25, 0.3) is 5.69 Å². The fourth-order valence-corrected chi connectivity index (χ4v) is 2.67. The number of aliphatic hydroxyl groups is 1. The van der Waals surface area contributed by atoms with Crippen LogP contribution in [0.1, 0.15) is 38.8 Å². The number of hydrogen-bond donors (Lipinski definition) is 2. The number of pyridine rings is 1. The van der Waals surface area contributed by atoms with Gasteiger partial charge in [-0.3, -0.25) is 15.1 Å². The number of rotatable bonds is 4. The first-order valence-electron chi connectivity index (χ1n) is 9.19. The zero-order valence-electron chi connectivity index (χ0n) is 16.8. The molecular formula is C21H26ClN3O3. The largest absolute Gasteiger partial charge is 0.392 e. The summed E-state index contributed by atoms with van der Waals surface area (Å²) in [4.78, 5) is 15.0. The molecule has 150 valence electrons. The van der Waals surface area contributed by atoms with E-state index in [1.54, 1.807) is 43.5 Å². The smallest absolute Gasteiger partial charge is 0.274 e. The molecule has 3 aromatic rings. The van der Waals surface area contributed by atoms with E-state index in [-0.39, 0.29) is 12.3 Å². The van der Waals surface area contributed by atoms with Crippen molar-refractivity contribution < 1.29 is 10.0 Å². The number of nitro groups is 1. The summed E-state index contributed by atoms with van der Waals surface area (Å²) in [5.41, 5.74) is 3.07. The molecule has 7 heteroatoms. The van der Waals surface area contributed by atoms with Crippen LogP contribution in [0.5, 0.6) is 0 Å². The molecule has 0 aliphatic carbocycles. The van der Waals surface area contributed by atoms with Gasteiger partial charge in [-0.15, -0.1) is 0 Å². The minimum absolute atomic E-state index is 0.0296. The summed E-state index contributed by atoms with van der Waals surface area (Å²) in [5.74, 6) is 0. The van der Waals surface area contributed by atoms with Gasteiger partial charge in [-0.25, -0.2) is 0 Å². The molecule has 2 N–H and O–H groups in total. The molecule has 0 spiro atoms. The van der Waals surface area contributed by atoms with Crippen LogP contribution in [-0.2, 0) is 6.61 Å². The van der Waals surface area contributed by atoms with E-state index >= 15 is 0 Å². The number of aryl methyl sites for hydroxylation is 1. The van der Waals surface area contributed by atoms with Gasteiger partial charge in [0.15, 0.2) is 0 Å². The first-order valence-corrected chi connectivity index (χ1v) is 9.57. The van der Waals surface area contributed by atoms with Crippen molar-refractivity contribution in [2.24, 2.45) is 0 Å². The summed E-state index contributed by atoms with van der Waals surface area (Å²) < 4.78 is 0. The summed E-state index contributed by atoms with van der Waals surface area (Å²) in [6.45, 7) is 9.47. The number of nitrogens with one attached hydrogen (secondary N) is 1. The Morgan fingerprint density at radius 3 is 2.43 bits per heavy atom. The monoisotopic (exact) mass is 403 g/mol. The highest BCUT2D eigenvalue weighted by Crippen LogP contribution is 2.32. The predicted octanol–water partition coefficient (Wildman–Crippen LogP) is 6.39. The third kappa shape index (κ3) is 5.41. The Bertz CT molecular complexity index is 946. The molecule has 0 atom stereocenters. The van der Waals surface area contributed by atoms with Crippen LogP contribution in [0.3, 0.4) is 0 Å². The molecule has 3 rings (SSSR count). The van der Waals surface area contributed by atoms with E-state index in [0.717, 1.165) is 5.39 Å². The van der Waals surface area contributed by atoms with Crippen molar-refractivity contribution in [3.8, 4) is 0 Å². The zero-order valence-corrected chi connectivity index (χ0v) is 17.5. The number of hydrogen-bond acceptors (Lipinski definition) is 5.